The van der Waals surface area contributed by atoms with E-state index in [9.17, 15) is 22.4 Å². The summed E-state index contributed by atoms with van der Waals surface area (Å²) in [5.74, 6) is -8.27. The molecule has 0 saturated heterocycles. The average molecular weight is 262 g/mol. The van der Waals surface area contributed by atoms with Crippen LogP contribution < -0.4 is 4.74 Å². The van der Waals surface area contributed by atoms with Crippen molar-refractivity contribution in [3.63, 3.8) is 0 Å². The van der Waals surface area contributed by atoms with Gasteiger partial charge < -0.3 is 4.74 Å². The number of ketones is 1. The van der Waals surface area contributed by atoms with E-state index in [1.807, 2.05) is 0 Å². The maximum atomic E-state index is 13.7. The molecule has 0 heterocycles. The predicted molar refractivity (Wildman–Crippen MR) is 57.2 cm³/mol. The minimum atomic E-state index is -1.84. The first-order valence-corrected chi connectivity index (χ1v) is 5.01. The van der Waals surface area contributed by atoms with Gasteiger partial charge in [0.1, 0.15) is 6.61 Å². The fourth-order valence-corrected chi connectivity index (χ4v) is 1.24. The summed E-state index contributed by atoms with van der Waals surface area (Å²) in [5, 5.41) is 0. The highest BCUT2D eigenvalue weighted by molar-refractivity contribution is 5.77. The molecule has 0 spiro atoms. The maximum Gasteiger partial charge on any atom is 0.206 e. The first kappa shape index (κ1) is 14.2. The van der Waals surface area contributed by atoms with E-state index < -0.39 is 47.0 Å². The lowest BCUT2D eigenvalue weighted by atomic mass is 10.1. The van der Waals surface area contributed by atoms with E-state index in [0.29, 0.717) is 0 Å². The maximum absolute atomic E-state index is 13.7. The summed E-state index contributed by atoms with van der Waals surface area (Å²) in [4.78, 5) is 10.7. The van der Waals surface area contributed by atoms with Crippen molar-refractivity contribution >= 4 is 11.9 Å². The summed E-state index contributed by atoms with van der Waals surface area (Å²) in [6.07, 6.45) is 2.20. The molecule has 0 atom stereocenters. The molecule has 1 aromatic carbocycles. The van der Waals surface area contributed by atoms with Gasteiger partial charge in [0.2, 0.25) is 5.82 Å². The molecule has 0 aliphatic carbocycles. The van der Waals surface area contributed by atoms with Gasteiger partial charge in [-0.3, -0.25) is 4.79 Å². The molecule has 6 heteroatoms. The molecule has 2 nitrogen and oxygen atoms in total. The summed E-state index contributed by atoms with van der Waals surface area (Å²) in [5.41, 5.74) is -0.755. The van der Waals surface area contributed by atoms with E-state index in [-0.39, 0.29) is 0 Å². The van der Waals surface area contributed by atoms with Gasteiger partial charge in [-0.2, -0.15) is 4.39 Å². The second-order valence-corrected chi connectivity index (χ2v) is 3.49. The van der Waals surface area contributed by atoms with Crippen molar-refractivity contribution in [2.45, 2.75) is 13.8 Å². The largest absolute Gasteiger partial charge is 0.480 e. The van der Waals surface area contributed by atoms with Crippen molar-refractivity contribution in [2.75, 3.05) is 6.61 Å². The predicted octanol–water partition coefficient (Wildman–Crippen LogP) is 3.24. The van der Waals surface area contributed by atoms with Gasteiger partial charge in [0, 0.05) is 0 Å². The Morgan fingerprint density at radius 1 is 1.11 bits per heavy atom. The molecule has 1 aromatic rings. The standard InChI is InChI=1S/C12H10F4O2/c1-3-4-7-8(13)10(15)11(16)12(9(7)14)18-5-6(2)17/h3-4H,5H2,1-2H3/b4-3+. The molecule has 0 aliphatic heterocycles. The highest BCUT2D eigenvalue weighted by atomic mass is 19.2. The Hall–Kier alpha value is -1.85. The molecule has 0 amide bonds. The molecule has 0 unspecified atom stereocenters. The van der Waals surface area contributed by atoms with Crippen LogP contribution in [0.1, 0.15) is 19.4 Å². The molecule has 0 fully saturated rings. The quantitative estimate of drug-likeness (QED) is 0.473. The van der Waals surface area contributed by atoms with Crippen LogP contribution in [0.2, 0.25) is 0 Å². The lowest BCUT2D eigenvalue weighted by molar-refractivity contribution is -0.119. The number of benzene rings is 1. The van der Waals surface area contributed by atoms with Crippen LogP contribution in [0.15, 0.2) is 6.08 Å². The van der Waals surface area contributed by atoms with Crippen LogP contribution in [0.25, 0.3) is 6.08 Å². The van der Waals surface area contributed by atoms with E-state index in [2.05, 4.69) is 4.74 Å². The van der Waals surface area contributed by atoms with Gasteiger partial charge >= 0.3 is 0 Å². The molecule has 18 heavy (non-hydrogen) atoms. The molecule has 0 aliphatic rings. The number of Topliss-reactive ketones (excluding diaryl/α,β-unsaturated/α-hetero) is 1. The van der Waals surface area contributed by atoms with E-state index >= 15 is 0 Å². The Labute approximate surface area is 101 Å². The zero-order valence-corrected chi connectivity index (χ0v) is 9.69. The Bertz CT molecular complexity index is 510. The first-order valence-electron chi connectivity index (χ1n) is 5.01. The molecule has 0 aromatic heterocycles. The van der Waals surface area contributed by atoms with E-state index in [1.165, 1.54) is 13.0 Å². The van der Waals surface area contributed by atoms with E-state index in [1.54, 1.807) is 0 Å². The lowest BCUT2D eigenvalue weighted by Gasteiger charge is -2.10. The molecule has 0 saturated carbocycles. The van der Waals surface area contributed by atoms with Crippen LogP contribution in [-0.2, 0) is 4.79 Å². The zero-order chi connectivity index (χ0) is 13.9. The number of rotatable bonds is 4. The molecule has 98 valence electrons. The zero-order valence-electron chi connectivity index (χ0n) is 9.69. The number of hydrogen-bond donors (Lipinski definition) is 0. The van der Waals surface area contributed by atoms with Crippen LogP contribution in [-0.4, -0.2) is 12.4 Å². The third-order valence-electron chi connectivity index (χ3n) is 2.01. The first-order chi connectivity index (χ1) is 8.40. The van der Waals surface area contributed by atoms with Crippen molar-refractivity contribution in [1.82, 2.24) is 0 Å². The number of halogens is 4. The SMILES string of the molecule is C/C=C/c1c(F)c(F)c(F)c(OCC(C)=O)c1F. The molecular weight excluding hydrogens is 252 g/mol. The number of allylic oxidation sites excluding steroid dienone is 1. The molecule has 0 N–H and O–H groups in total. The fourth-order valence-electron chi connectivity index (χ4n) is 1.24. The normalized spacial score (nSPS) is 11.0. The van der Waals surface area contributed by atoms with Gasteiger partial charge in [-0.15, -0.1) is 0 Å². The molecular formula is C12H10F4O2. The summed E-state index contributed by atoms with van der Waals surface area (Å²) in [7, 11) is 0. The minimum absolute atomic E-state index is 0.508. The van der Waals surface area contributed by atoms with Crippen molar-refractivity contribution in [3.8, 4) is 5.75 Å². The van der Waals surface area contributed by atoms with Crippen LogP contribution >= 0.6 is 0 Å². The smallest absolute Gasteiger partial charge is 0.206 e. The number of carbonyl (C=O) groups is 1. The highest BCUT2D eigenvalue weighted by Gasteiger charge is 2.25. The van der Waals surface area contributed by atoms with Gasteiger partial charge in [0.15, 0.2) is 29.0 Å². The van der Waals surface area contributed by atoms with Crippen molar-refractivity contribution in [2.24, 2.45) is 0 Å². The minimum Gasteiger partial charge on any atom is -0.480 e. The van der Waals surface area contributed by atoms with E-state index in [0.717, 1.165) is 13.0 Å². The second kappa shape index (κ2) is 5.66. The number of hydrogen-bond acceptors (Lipinski definition) is 2. The van der Waals surface area contributed by atoms with Gasteiger partial charge in [-0.05, 0) is 13.8 Å². The number of ether oxygens (including phenoxy) is 1. The van der Waals surface area contributed by atoms with Crippen molar-refractivity contribution in [3.05, 3.63) is 34.9 Å². The second-order valence-electron chi connectivity index (χ2n) is 3.49. The molecule has 0 radical (unpaired) electrons. The van der Waals surface area contributed by atoms with Gasteiger partial charge in [-0.25, -0.2) is 13.2 Å². The monoisotopic (exact) mass is 262 g/mol. The Morgan fingerprint density at radius 2 is 1.72 bits per heavy atom. The van der Waals surface area contributed by atoms with E-state index in [4.69, 9.17) is 0 Å². The lowest BCUT2D eigenvalue weighted by Crippen LogP contribution is -2.11. The summed E-state index contributed by atoms with van der Waals surface area (Å²) in [6, 6.07) is 0. The molecule has 1 rings (SSSR count). The van der Waals surface area contributed by atoms with Crippen molar-refractivity contribution < 1.29 is 27.1 Å². The van der Waals surface area contributed by atoms with Crippen molar-refractivity contribution in [1.29, 1.82) is 0 Å². The van der Waals surface area contributed by atoms with Crippen LogP contribution in [0.4, 0.5) is 17.6 Å². The highest BCUT2D eigenvalue weighted by Crippen LogP contribution is 2.30. The van der Waals surface area contributed by atoms with Crippen LogP contribution in [0.3, 0.4) is 0 Å². The fraction of sp³-hybridized carbons (Fsp3) is 0.250. The Kier molecular flexibility index (Phi) is 4.47. The summed E-state index contributed by atoms with van der Waals surface area (Å²) in [6.45, 7) is 1.95. The topological polar surface area (TPSA) is 26.3 Å². The van der Waals surface area contributed by atoms with Gasteiger partial charge in [0.05, 0.1) is 5.56 Å². The Morgan fingerprint density at radius 3 is 2.22 bits per heavy atom. The summed E-state index contributed by atoms with van der Waals surface area (Å²) < 4.78 is 57.9. The van der Waals surface area contributed by atoms with Gasteiger partial charge in [0.25, 0.3) is 0 Å². The third-order valence-corrected chi connectivity index (χ3v) is 2.01. The third kappa shape index (κ3) is 2.69. The Balaban J connectivity index is 3.37. The summed E-state index contributed by atoms with van der Waals surface area (Å²) >= 11 is 0. The number of carbonyl (C=O) groups excluding carboxylic acids is 1. The molecule has 0 bridgehead atoms. The van der Waals surface area contributed by atoms with Crippen LogP contribution in [0.5, 0.6) is 5.75 Å². The van der Waals surface area contributed by atoms with Crippen LogP contribution in [0, 0.1) is 23.3 Å². The average Bonchev–Trinajstić information content (AvgIpc) is 2.31. The van der Waals surface area contributed by atoms with Gasteiger partial charge in [-0.1, -0.05) is 12.2 Å².